The summed E-state index contributed by atoms with van der Waals surface area (Å²) in [6.45, 7) is 12.6. The molecule has 0 aliphatic carbocycles. The quantitative estimate of drug-likeness (QED) is 0.699. The van der Waals surface area contributed by atoms with Crippen LogP contribution in [0.15, 0.2) is 0 Å². The van der Waals surface area contributed by atoms with Crippen LogP contribution in [0.1, 0.15) is 53.4 Å². The second kappa shape index (κ2) is 7.46. The monoisotopic (exact) mass is 256 g/mol. The number of aliphatic hydroxyl groups excluding tert-OH is 1. The third-order valence-corrected chi connectivity index (χ3v) is 4.41. The second-order valence-corrected chi connectivity index (χ2v) is 6.26. The van der Waals surface area contributed by atoms with Crippen LogP contribution in [0.3, 0.4) is 0 Å². The van der Waals surface area contributed by atoms with Gasteiger partial charge in [-0.15, -0.1) is 0 Å². The maximum absolute atomic E-state index is 9.62. The average molecular weight is 256 g/mol. The van der Waals surface area contributed by atoms with E-state index in [0.29, 0.717) is 6.04 Å². The SMILES string of the molecule is CCCNC(C)(CO)CC(C)N1CCC(CC)C1. The van der Waals surface area contributed by atoms with Crippen molar-refractivity contribution in [3.05, 3.63) is 0 Å². The lowest BCUT2D eigenvalue weighted by Crippen LogP contribution is -2.50. The molecular formula is C15H32N2O. The van der Waals surface area contributed by atoms with Gasteiger partial charge in [0.2, 0.25) is 0 Å². The molecule has 18 heavy (non-hydrogen) atoms. The normalized spacial score (nSPS) is 26.2. The van der Waals surface area contributed by atoms with Crippen molar-refractivity contribution in [1.29, 1.82) is 0 Å². The lowest BCUT2D eigenvalue weighted by atomic mass is 9.93. The van der Waals surface area contributed by atoms with Crippen molar-refractivity contribution >= 4 is 0 Å². The minimum atomic E-state index is -0.125. The van der Waals surface area contributed by atoms with Crippen LogP contribution in [0.5, 0.6) is 0 Å². The summed E-state index contributed by atoms with van der Waals surface area (Å²) >= 11 is 0. The molecule has 1 saturated heterocycles. The molecule has 0 bridgehead atoms. The van der Waals surface area contributed by atoms with Crippen molar-refractivity contribution < 1.29 is 5.11 Å². The maximum Gasteiger partial charge on any atom is 0.0611 e. The molecule has 1 aliphatic rings. The van der Waals surface area contributed by atoms with Gasteiger partial charge in [0, 0.05) is 18.1 Å². The molecule has 1 fully saturated rings. The van der Waals surface area contributed by atoms with Crippen molar-refractivity contribution in [3.8, 4) is 0 Å². The molecule has 0 aromatic rings. The van der Waals surface area contributed by atoms with E-state index >= 15 is 0 Å². The van der Waals surface area contributed by atoms with Crippen molar-refractivity contribution in [2.24, 2.45) is 5.92 Å². The van der Waals surface area contributed by atoms with E-state index in [-0.39, 0.29) is 12.1 Å². The van der Waals surface area contributed by atoms with Crippen LogP contribution in [0.2, 0.25) is 0 Å². The Morgan fingerprint density at radius 1 is 1.44 bits per heavy atom. The van der Waals surface area contributed by atoms with Gasteiger partial charge in [0.15, 0.2) is 0 Å². The molecule has 108 valence electrons. The fourth-order valence-electron chi connectivity index (χ4n) is 3.00. The average Bonchev–Trinajstić information content (AvgIpc) is 2.85. The van der Waals surface area contributed by atoms with E-state index in [1.165, 1.54) is 25.9 Å². The summed E-state index contributed by atoms with van der Waals surface area (Å²) in [5.74, 6) is 0.886. The highest BCUT2D eigenvalue weighted by atomic mass is 16.3. The zero-order valence-electron chi connectivity index (χ0n) is 12.7. The Kier molecular flexibility index (Phi) is 6.61. The molecule has 1 aliphatic heterocycles. The van der Waals surface area contributed by atoms with Crippen molar-refractivity contribution in [2.45, 2.75) is 65.0 Å². The predicted molar refractivity (Wildman–Crippen MR) is 77.8 cm³/mol. The molecule has 0 radical (unpaired) electrons. The van der Waals surface area contributed by atoms with Crippen LogP contribution >= 0.6 is 0 Å². The maximum atomic E-state index is 9.62. The van der Waals surface area contributed by atoms with Crippen LogP contribution in [0.25, 0.3) is 0 Å². The first-order valence-electron chi connectivity index (χ1n) is 7.64. The number of hydrogen-bond donors (Lipinski definition) is 2. The lowest BCUT2D eigenvalue weighted by molar-refractivity contribution is 0.124. The molecule has 0 amide bonds. The lowest BCUT2D eigenvalue weighted by Gasteiger charge is -2.35. The van der Waals surface area contributed by atoms with E-state index in [1.54, 1.807) is 0 Å². The van der Waals surface area contributed by atoms with E-state index in [2.05, 4.69) is 37.9 Å². The van der Waals surface area contributed by atoms with E-state index < -0.39 is 0 Å². The number of likely N-dealkylation sites (tertiary alicyclic amines) is 1. The molecule has 0 saturated carbocycles. The van der Waals surface area contributed by atoms with Gasteiger partial charge in [0.25, 0.3) is 0 Å². The summed E-state index contributed by atoms with van der Waals surface area (Å²) in [6.07, 6.45) is 4.79. The van der Waals surface area contributed by atoms with Crippen molar-refractivity contribution in [3.63, 3.8) is 0 Å². The Morgan fingerprint density at radius 3 is 2.67 bits per heavy atom. The van der Waals surface area contributed by atoms with Gasteiger partial charge in [0.05, 0.1) is 6.61 Å². The molecule has 3 unspecified atom stereocenters. The third kappa shape index (κ3) is 4.52. The van der Waals surface area contributed by atoms with Crippen LogP contribution < -0.4 is 5.32 Å². The predicted octanol–water partition coefficient (Wildman–Crippen LogP) is 2.25. The molecule has 3 heteroatoms. The smallest absolute Gasteiger partial charge is 0.0611 e. The first kappa shape index (κ1) is 15.9. The Hall–Kier alpha value is -0.120. The van der Waals surface area contributed by atoms with Crippen LogP contribution in [-0.2, 0) is 0 Å². The summed E-state index contributed by atoms with van der Waals surface area (Å²) in [4.78, 5) is 2.59. The summed E-state index contributed by atoms with van der Waals surface area (Å²) in [5.41, 5.74) is -0.125. The van der Waals surface area contributed by atoms with Crippen LogP contribution in [0, 0.1) is 5.92 Å². The number of nitrogens with one attached hydrogen (secondary N) is 1. The van der Waals surface area contributed by atoms with E-state index in [0.717, 1.165) is 25.3 Å². The topological polar surface area (TPSA) is 35.5 Å². The van der Waals surface area contributed by atoms with Gasteiger partial charge in [-0.2, -0.15) is 0 Å². The zero-order valence-corrected chi connectivity index (χ0v) is 12.7. The minimum absolute atomic E-state index is 0.125. The van der Waals surface area contributed by atoms with Gasteiger partial charge in [0.1, 0.15) is 0 Å². The van der Waals surface area contributed by atoms with Gasteiger partial charge in [-0.3, -0.25) is 0 Å². The minimum Gasteiger partial charge on any atom is -0.394 e. The molecule has 0 aromatic heterocycles. The Morgan fingerprint density at radius 2 is 2.17 bits per heavy atom. The summed E-state index contributed by atoms with van der Waals surface area (Å²) in [6, 6.07) is 0.558. The molecular weight excluding hydrogens is 224 g/mol. The molecule has 1 rings (SSSR count). The van der Waals surface area contributed by atoms with Crippen LogP contribution in [0.4, 0.5) is 0 Å². The summed E-state index contributed by atoms with van der Waals surface area (Å²) in [5, 5.41) is 13.1. The Balaban J connectivity index is 2.44. The van der Waals surface area contributed by atoms with E-state index in [4.69, 9.17) is 0 Å². The second-order valence-electron chi connectivity index (χ2n) is 6.26. The standard InChI is InChI=1S/C15H32N2O/c1-5-8-16-15(4,12-18)10-13(3)17-9-7-14(6-2)11-17/h13-14,16,18H,5-12H2,1-4H3. The van der Waals surface area contributed by atoms with Gasteiger partial charge >= 0.3 is 0 Å². The Bertz CT molecular complexity index is 235. The molecule has 3 nitrogen and oxygen atoms in total. The van der Waals surface area contributed by atoms with Crippen LogP contribution in [-0.4, -0.2) is 47.8 Å². The van der Waals surface area contributed by atoms with Gasteiger partial charge in [-0.25, -0.2) is 0 Å². The molecule has 0 aromatic carbocycles. The van der Waals surface area contributed by atoms with Crippen molar-refractivity contribution in [1.82, 2.24) is 10.2 Å². The fourth-order valence-corrected chi connectivity index (χ4v) is 3.00. The first-order valence-corrected chi connectivity index (χ1v) is 7.64. The van der Waals surface area contributed by atoms with Gasteiger partial charge < -0.3 is 15.3 Å². The van der Waals surface area contributed by atoms with Crippen molar-refractivity contribution in [2.75, 3.05) is 26.2 Å². The molecule has 3 atom stereocenters. The van der Waals surface area contributed by atoms with Gasteiger partial charge in [-0.05, 0) is 52.1 Å². The zero-order chi connectivity index (χ0) is 13.6. The van der Waals surface area contributed by atoms with Gasteiger partial charge in [-0.1, -0.05) is 20.3 Å². The van der Waals surface area contributed by atoms with E-state index in [9.17, 15) is 5.11 Å². The summed E-state index contributed by atoms with van der Waals surface area (Å²) < 4.78 is 0. The molecule has 1 heterocycles. The number of rotatable bonds is 8. The highest BCUT2D eigenvalue weighted by Gasteiger charge is 2.30. The number of hydrogen-bond acceptors (Lipinski definition) is 3. The molecule has 0 spiro atoms. The Labute approximate surface area is 113 Å². The number of aliphatic hydroxyl groups is 1. The highest BCUT2D eigenvalue weighted by molar-refractivity contribution is 4.89. The molecule has 2 N–H and O–H groups in total. The third-order valence-electron chi connectivity index (χ3n) is 4.41. The fraction of sp³-hybridized carbons (Fsp3) is 1.00. The first-order chi connectivity index (χ1) is 8.54. The largest absolute Gasteiger partial charge is 0.394 e. The summed E-state index contributed by atoms with van der Waals surface area (Å²) in [7, 11) is 0. The highest BCUT2D eigenvalue weighted by Crippen LogP contribution is 2.24. The number of nitrogens with zero attached hydrogens (tertiary/aromatic N) is 1. The van der Waals surface area contributed by atoms with E-state index in [1.807, 2.05) is 0 Å².